The van der Waals surface area contributed by atoms with Gasteiger partial charge in [-0.05, 0) is 36.4 Å². The molecule has 0 aliphatic carbocycles. The molecule has 0 aliphatic heterocycles. The minimum atomic E-state index is -4.37. The van der Waals surface area contributed by atoms with Crippen LogP contribution in [0.1, 0.15) is 11.3 Å². The molecular formula is C21H20F3N5O3S. The van der Waals surface area contributed by atoms with Crippen LogP contribution in [0.15, 0.2) is 73.3 Å². The Morgan fingerprint density at radius 1 is 1.06 bits per heavy atom. The number of imidazole rings is 1. The zero-order chi connectivity index (χ0) is 24.0. The van der Waals surface area contributed by atoms with E-state index in [4.69, 9.17) is 13.2 Å². The van der Waals surface area contributed by atoms with E-state index in [-0.39, 0.29) is 6.61 Å². The maximum Gasteiger partial charge on any atom is 0.416 e. The number of hydrogen-bond donors (Lipinski definition) is 2. The molecule has 0 radical (unpaired) electrons. The summed E-state index contributed by atoms with van der Waals surface area (Å²) in [7, 11) is -0.839. The summed E-state index contributed by atoms with van der Waals surface area (Å²) in [5, 5.41) is 8.34. The van der Waals surface area contributed by atoms with Crippen LogP contribution >= 0.6 is 0 Å². The first-order valence-electron chi connectivity index (χ1n) is 9.45. The number of aromatic nitrogens is 4. The molecule has 0 bridgehead atoms. The van der Waals surface area contributed by atoms with Gasteiger partial charge in [0.05, 0.1) is 29.5 Å². The van der Waals surface area contributed by atoms with Crippen LogP contribution < -0.4 is 9.88 Å². The number of nitrogens with two attached hydrogens (primary N) is 1. The molecule has 33 heavy (non-hydrogen) atoms. The molecular weight excluding hydrogens is 459 g/mol. The molecule has 0 atom stereocenters. The quantitative estimate of drug-likeness (QED) is 0.427. The predicted molar refractivity (Wildman–Crippen MR) is 116 cm³/mol. The highest BCUT2D eigenvalue weighted by Gasteiger charge is 2.30. The number of nitrogens with zero attached hydrogens (tertiary/aromatic N) is 4. The molecule has 0 saturated heterocycles. The zero-order valence-corrected chi connectivity index (χ0v) is 18.2. The zero-order valence-electron chi connectivity index (χ0n) is 17.3. The Morgan fingerprint density at radius 2 is 1.70 bits per heavy atom. The highest BCUT2D eigenvalue weighted by Crippen LogP contribution is 2.31. The lowest BCUT2D eigenvalue weighted by atomic mass is 10.2. The molecule has 0 saturated carbocycles. The van der Waals surface area contributed by atoms with E-state index in [9.17, 15) is 13.2 Å². The average molecular weight is 479 g/mol. The molecule has 0 amide bonds. The summed E-state index contributed by atoms with van der Waals surface area (Å²) in [6.45, 7) is 0.148. The topological polar surface area (TPSA) is 105 Å². The molecule has 0 aliphatic rings. The summed E-state index contributed by atoms with van der Waals surface area (Å²) >= 11 is 0. The fourth-order valence-corrected chi connectivity index (χ4v) is 2.94. The molecule has 2 aromatic carbocycles. The smallest absolute Gasteiger partial charge is 0.416 e. The largest absolute Gasteiger partial charge is 0.487 e. The summed E-state index contributed by atoms with van der Waals surface area (Å²) in [5.41, 5.74) is 2.57. The first-order chi connectivity index (χ1) is 15.6. The second-order valence-electron chi connectivity index (χ2n) is 6.73. The second kappa shape index (κ2) is 10.3. The van der Waals surface area contributed by atoms with E-state index in [0.29, 0.717) is 5.75 Å². The van der Waals surface area contributed by atoms with Gasteiger partial charge in [-0.15, -0.1) is 0 Å². The SMILES string of the molecule is Cn1ncc(-c2cn(-c3ccccc3)cn2)c1COc1ccc(C(F)(F)F)cc1.N[SH](=O)=O. The van der Waals surface area contributed by atoms with E-state index < -0.39 is 22.6 Å². The summed E-state index contributed by atoms with van der Waals surface area (Å²) < 4.78 is 64.9. The lowest BCUT2D eigenvalue weighted by Gasteiger charge is -2.10. The number of hydrogen-bond acceptors (Lipinski definition) is 5. The van der Waals surface area contributed by atoms with Crippen LogP contribution in [0.5, 0.6) is 5.75 Å². The minimum absolute atomic E-state index is 0.148. The van der Waals surface area contributed by atoms with E-state index >= 15 is 0 Å². The highest BCUT2D eigenvalue weighted by atomic mass is 32.2. The molecule has 4 rings (SSSR count). The van der Waals surface area contributed by atoms with Crippen molar-refractivity contribution in [3.05, 3.63) is 84.6 Å². The van der Waals surface area contributed by atoms with Crippen molar-refractivity contribution in [3.63, 3.8) is 0 Å². The number of ether oxygens (including phenoxy) is 1. The Balaban J connectivity index is 0.000000709. The Morgan fingerprint density at radius 3 is 2.30 bits per heavy atom. The van der Waals surface area contributed by atoms with Crippen LogP contribution in [0, 0.1) is 0 Å². The van der Waals surface area contributed by atoms with Crippen molar-refractivity contribution in [1.82, 2.24) is 19.3 Å². The molecule has 0 unspecified atom stereocenters. The van der Waals surface area contributed by atoms with Crippen molar-refractivity contribution < 1.29 is 26.3 Å². The molecule has 8 nitrogen and oxygen atoms in total. The number of aryl methyl sites for hydroxylation is 1. The van der Waals surface area contributed by atoms with Gasteiger partial charge in [-0.25, -0.2) is 18.5 Å². The number of rotatable bonds is 5. The predicted octanol–water partition coefficient (Wildman–Crippen LogP) is 3.34. The van der Waals surface area contributed by atoms with Crippen molar-refractivity contribution >= 4 is 10.9 Å². The van der Waals surface area contributed by atoms with Crippen LogP contribution in [0.2, 0.25) is 0 Å². The minimum Gasteiger partial charge on any atom is -0.487 e. The number of para-hydroxylation sites is 1. The number of benzene rings is 2. The lowest BCUT2D eigenvalue weighted by molar-refractivity contribution is -0.137. The van der Waals surface area contributed by atoms with Gasteiger partial charge < -0.3 is 9.30 Å². The molecule has 2 N–H and O–H groups in total. The van der Waals surface area contributed by atoms with Crippen molar-refractivity contribution in [2.24, 2.45) is 12.2 Å². The first-order valence-corrected chi connectivity index (χ1v) is 10.7. The maximum absolute atomic E-state index is 12.7. The first kappa shape index (κ1) is 24.0. The summed E-state index contributed by atoms with van der Waals surface area (Å²) in [6.07, 6.45) is 0.945. The van der Waals surface area contributed by atoms with Gasteiger partial charge in [0.15, 0.2) is 10.9 Å². The molecule has 2 heterocycles. The molecule has 0 fully saturated rings. The normalized spacial score (nSPS) is 11.2. The third kappa shape index (κ3) is 6.43. The van der Waals surface area contributed by atoms with E-state index in [1.54, 1.807) is 24.3 Å². The maximum atomic E-state index is 12.7. The Kier molecular flexibility index (Phi) is 7.51. The highest BCUT2D eigenvalue weighted by molar-refractivity contribution is 7.69. The second-order valence-corrected chi connectivity index (χ2v) is 7.30. The molecule has 174 valence electrons. The molecule has 0 spiro atoms. The third-order valence-electron chi connectivity index (χ3n) is 4.53. The van der Waals surface area contributed by atoms with Crippen molar-refractivity contribution in [2.75, 3.05) is 0 Å². The van der Waals surface area contributed by atoms with Gasteiger partial charge in [-0.1, -0.05) is 18.2 Å². The molecule has 4 aromatic rings. The van der Waals surface area contributed by atoms with Crippen LogP contribution in [0.3, 0.4) is 0 Å². The number of thiol groups is 1. The number of halogens is 3. The summed E-state index contributed by atoms with van der Waals surface area (Å²) in [5.74, 6) is 0.347. The van der Waals surface area contributed by atoms with Gasteiger partial charge >= 0.3 is 6.18 Å². The summed E-state index contributed by atoms with van der Waals surface area (Å²) in [6, 6.07) is 14.4. The molecule has 2 aromatic heterocycles. The third-order valence-corrected chi connectivity index (χ3v) is 4.53. The monoisotopic (exact) mass is 479 g/mol. The van der Waals surface area contributed by atoms with Gasteiger partial charge in [0.25, 0.3) is 0 Å². The fourth-order valence-electron chi connectivity index (χ4n) is 2.94. The van der Waals surface area contributed by atoms with Gasteiger partial charge in [0.2, 0.25) is 0 Å². The van der Waals surface area contributed by atoms with Gasteiger partial charge in [-0.2, -0.15) is 18.3 Å². The van der Waals surface area contributed by atoms with Crippen LogP contribution in [-0.4, -0.2) is 27.7 Å². The summed E-state index contributed by atoms with van der Waals surface area (Å²) in [4.78, 5) is 4.46. The molecule has 12 heteroatoms. The standard InChI is InChI=1S/C21H17F3N4O.H3NO2S/c1-27-20(13-29-17-9-7-15(8-10-17)21(22,23)24)18(11-26-27)19-12-28(14-25-19)16-5-3-2-4-6-16;1-4(2)3/h2-12,14H,13H2,1H3;4H,(H2,1,2,3). The van der Waals surface area contributed by atoms with E-state index in [1.165, 1.54) is 12.1 Å². The van der Waals surface area contributed by atoms with Gasteiger partial charge in [0, 0.05) is 24.5 Å². The van der Waals surface area contributed by atoms with Crippen LogP contribution in [0.4, 0.5) is 13.2 Å². The van der Waals surface area contributed by atoms with Crippen molar-refractivity contribution in [1.29, 1.82) is 0 Å². The lowest BCUT2D eigenvalue weighted by Crippen LogP contribution is -2.06. The van der Waals surface area contributed by atoms with E-state index in [2.05, 4.69) is 15.2 Å². The van der Waals surface area contributed by atoms with Gasteiger partial charge in [0.1, 0.15) is 12.4 Å². The van der Waals surface area contributed by atoms with Crippen molar-refractivity contribution in [2.45, 2.75) is 12.8 Å². The fraction of sp³-hybridized carbons (Fsp3) is 0.143. The number of alkyl halides is 3. The van der Waals surface area contributed by atoms with Crippen molar-refractivity contribution in [3.8, 4) is 22.7 Å². The van der Waals surface area contributed by atoms with Crippen LogP contribution in [0.25, 0.3) is 16.9 Å². The Bertz CT molecular complexity index is 1260. The van der Waals surface area contributed by atoms with E-state index in [0.717, 1.165) is 34.8 Å². The van der Waals surface area contributed by atoms with E-state index in [1.807, 2.05) is 41.1 Å². The Labute approximate surface area is 189 Å². The Hall–Kier alpha value is -3.64. The van der Waals surface area contributed by atoms with Crippen LogP contribution in [-0.2, 0) is 30.7 Å². The average Bonchev–Trinajstić information content (AvgIpc) is 3.39. The van der Waals surface area contributed by atoms with Gasteiger partial charge in [-0.3, -0.25) is 4.68 Å².